The minimum Gasteiger partial charge on any atom is -0.251 e. The van der Waals surface area contributed by atoms with E-state index >= 15 is 0 Å². The van der Waals surface area contributed by atoms with Gasteiger partial charge in [0.1, 0.15) is 13.6 Å². The lowest BCUT2D eigenvalue weighted by Gasteiger charge is -2.22. The third-order valence-electron chi connectivity index (χ3n) is 4.20. The van der Waals surface area contributed by atoms with Crippen molar-refractivity contribution in [1.82, 2.24) is 0 Å². The summed E-state index contributed by atoms with van der Waals surface area (Å²) in [5.41, 5.74) is 3.17. The minimum absolute atomic E-state index is 0.191. The lowest BCUT2D eigenvalue weighted by molar-refractivity contribution is -1.03. The monoisotopic (exact) mass is 367 g/mol. The van der Waals surface area contributed by atoms with E-state index in [0.717, 1.165) is 16.7 Å². The van der Waals surface area contributed by atoms with Gasteiger partial charge in [-0.05, 0) is 29.3 Å². The van der Waals surface area contributed by atoms with Crippen molar-refractivity contribution < 1.29 is 14.6 Å². The van der Waals surface area contributed by atoms with Gasteiger partial charge in [0.25, 0.3) is 0 Å². The molecule has 1 unspecified atom stereocenters. The van der Waals surface area contributed by atoms with Crippen molar-refractivity contribution in [2.75, 3.05) is 7.05 Å². The fourth-order valence-electron chi connectivity index (χ4n) is 2.82. The minimum atomic E-state index is -0.763. The van der Waals surface area contributed by atoms with Crippen LogP contribution in [0.1, 0.15) is 17.5 Å². The molecule has 0 radical (unpaired) electrons. The topological polar surface area (TPSA) is 49.7 Å². The quantitative estimate of drug-likeness (QED) is 0.486. The predicted molar refractivity (Wildman–Crippen MR) is 104 cm³/mol. The van der Waals surface area contributed by atoms with Gasteiger partial charge in [0, 0.05) is 23.2 Å². The Balaban J connectivity index is 1.75. The molecule has 0 spiro atoms. The molecule has 0 saturated heterocycles. The van der Waals surface area contributed by atoms with Crippen LogP contribution >= 0.6 is 11.6 Å². The molecule has 5 heteroatoms. The molecule has 1 amide bonds. The van der Waals surface area contributed by atoms with Crippen LogP contribution in [0.4, 0.5) is 0 Å². The zero-order valence-electron chi connectivity index (χ0n) is 14.5. The highest BCUT2D eigenvalue weighted by atomic mass is 35.5. The first-order chi connectivity index (χ1) is 12.5. The maximum atomic E-state index is 12.8. The van der Waals surface area contributed by atoms with E-state index in [1.807, 2.05) is 66.7 Å². The molecule has 1 heterocycles. The van der Waals surface area contributed by atoms with Gasteiger partial charge in [-0.1, -0.05) is 60.1 Å². The number of rotatable bonds is 4. The van der Waals surface area contributed by atoms with Crippen LogP contribution in [0.25, 0.3) is 5.57 Å². The molecule has 26 heavy (non-hydrogen) atoms. The largest absolute Gasteiger partial charge is 0.392 e. The fraction of sp³-hybridized carbons (Fsp3) is 0.143. The van der Waals surface area contributed by atoms with Gasteiger partial charge < -0.3 is 0 Å². The van der Waals surface area contributed by atoms with Crippen molar-refractivity contribution in [2.45, 2.75) is 13.0 Å². The number of quaternary nitrogens is 1. The molecule has 2 aromatic carbocycles. The van der Waals surface area contributed by atoms with Crippen LogP contribution < -0.4 is 0 Å². The van der Waals surface area contributed by atoms with E-state index in [9.17, 15) is 10.0 Å². The number of allylic oxidation sites excluding steroid dienone is 3. The van der Waals surface area contributed by atoms with E-state index in [0.29, 0.717) is 17.2 Å². The summed E-state index contributed by atoms with van der Waals surface area (Å²) >= 11 is 5.93. The van der Waals surface area contributed by atoms with Crippen LogP contribution in [0.15, 0.2) is 77.9 Å². The zero-order chi connectivity index (χ0) is 18.6. The number of aliphatic imine (C=N–C) groups is 1. The molecule has 3 rings (SSSR count). The van der Waals surface area contributed by atoms with Crippen LogP contribution in [-0.4, -0.2) is 28.5 Å². The van der Waals surface area contributed by atoms with Gasteiger partial charge in [0.2, 0.25) is 0 Å². The second-order valence-corrected chi connectivity index (χ2v) is 6.79. The van der Waals surface area contributed by atoms with Crippen LogP contribution in [0.3, 0.4) is 0 Å². The second-order valence-electron chi connectivity index (χ2n) is 6.35. The average Bonchev–Trinajstić information content (AvgIpc) is 2.88. The van der Waals surface area contributed by atoms with Crippen molar-refractivity contribution in [2.24, 2.45) is 4.99 Å². The lowest BCUT2D eigenvalue weighted by Crippen LogP contribution is -2.49. The standard InChI is InChI=1S/C21H20ClN2O2/c1-24(26,15-16-5-3-2-4-6-16)21(25)20-12-9-18(13-14-23-20)17-7-10-19(22)11-8-17/h2-11,13-14,26H,12,15H2,1H3/q+1. The second kappa shape index (κ2) is 7.79. The van der Waals surface area contributed by atoms with Crippen molar-refractivity contribution in [3.05, 3.63) is 89.1 Å². The van der Waals surface area contributed by atoms with E-state index in [-0.39, 0.29) is 6.54 Å². The zero-order valence-corrected chi connectivity index (χ0v) is 15.2. The van der Waals surface area contributed by atoms with Crippen molar-refractivity contribution in [3.63, 3.8) is 0 Å². The van der Waals surface area contributed by atoms with Gasteiger partial charge in [-0.3, -0.25) is 4.99 Å². The summed E-state index contributed by atoms with van der Waals surface area (Å²) < 4.78 is -0.763. The first kappa shape index (κ1) is 18.3. The first-order valence-corrected chi connectivity index (χ1v) is 8.70. The molecule has 0 saturated carbocycles. The summed E-state index contributed by atoms with van der Waals surface area (Å²) in [5, 5.41) is 11.3. The van der Waals surface area contributed by atoms with Gasteiger partial charge in [-0.25, -0.2) is 10.0 Å². The van der Waals surface area contributed by atoms with Crippen molar-refractivity contribution in [1.29, 1.82) is 0 Å². The number of carbonyl (C=O) groups is 1. The molecule has 0 aliphatic carbocycles. The third kappa shape index (κ3) is 4.35. The number of hydrogen-bond acceptors (Lipinski definition) is 3. The molecule has 1 atom stereocenters. The fourth-order valence-corrected chi connectivity index (χ4v) is 2.95. The number of hydrogen-bond donors (Lipinski definition) is 1. The Hall–Kier alpha value is -2.53. The highest BCUT2D eigenvalue weighted by Gasteiger charge is 2.34. The molecule has 1 aliphatic heterocycles. The summed E-state index contributed by atoms with van der Waals surface area (Å²) in [4.78, 5) is 17.0. The summed E-state index contributed by atoms with van der Waals surface area (Å²) in [7, 11) is 1.48. The molecule has 132 valence electrons. The molecule has 4 nitrogen and oxygen atoms in total. The van der Waals surface area contributed by atoms with Crippen LogP contribution in [-0.2, 0) is 11.3 Å². The van der Waals surface area contributed by atoms with Gasteiger partial charge >= 0.3 is 5.91 Å². The summed E-state index contributed by atoms with van der Waals surface area (Å²) in [5.74, 6) is -0.410. The van der Waals surface area contributed by atoms with Crippen LogP contribution in [0.5, 0.6) is 0 Å². The van der Waals surface area contributed by atoms with Gasteiger partial charge in [-0.2, -0.15) is 0 Å². The Labute approximate surface area is 157 Å². The van der Waals surface area contributed by atoms with E-state index in [2.05, 4.69) is 4.99 Å². The lowest BCUT2D eigenvalue weighted by atomic mass is 10.0. The average molecular weight is 368 g/mol. The maximum absolute atomic E-state index is 12.8. The molecule has 0 bridgehead atoms. The molecule has 0 aromatic heterocycles. The number of benzene rings is 2. The van der Waals surface area contributed by atoms with Crippen molar-refractivity contribution in [3.8, 4) is 0 Å². The Morgan fingerprint density at radius 2 is 1.85 bits per heavy atom. The molecular weight excluding hydrogens is 348 g/mol. The Kier molecular flexibility index (Phi) is 5.47. The number of amides is 1. The van der Waals surface area contributed by atoms with Gasteiger partial charge in [0.15, 0.2) is 5.71 Å². The smallest absolute Gasteiger partial charge is 0.251 e. The molecule has 2 aromatic rings. The Morgan fingerprint density at radius 3 is 2.54 bits per heavy atom. The highest BCUT2D eigenvalue weighted by molar-refractivity contribution is 6.36. The Bertz CT molecular complexity index is 882. The molecule has 1 N–H and O–H groups in total. The van der Waals surface area contributed by atoms with Crippen LogP contribution in [0, 0.1) is 0 Å². The normalized spacial score (nSPS) is 16.3. The number of hydroxylamine groups is 3. The molecule has 0 fully saturated rings. The SMILES string of the molecule is C[N+](O)(Cc1ccccc1)C(=O)C1=NC=CC(c2ccc(Cl)cc2)=CC1. The third-order valence-corrected chi connectivity index (χ3v) is 4.45. The van der Waals surface area contributed by atoms with E-state index in [4.69, 9.17) is 11.6 Å². The van der Waals surface area contributed by atoms with Crippen molar-refractivity contribution >= 4 is 28.8 Å². The number of halogens is 1. The highest BCUT2D eigenvalue weighted by Crippen LogP contribution is 2.22. The van der Waals surface area contributed by atoms with Crippen LogP contribution in [0.2, 0.25) is 5.02 Å². The maximum Gasteiger partial charge on any atom is 0.392 e. The van der Waals surface area contributed by atoms with E-state index in [1.165, 1.54) is 7.05 Å². The van der Waals surface area contributed by atoms with Gasteiger partial charge in [-0.15, -0.1) is 4.65 Å². The van der Waals surface area contributed by atoms with Gasteiger partial charge in [0.05, 0.1) is 0 Å². The summed E-state index contributed by atoms with van der Waals surface area (Å²) in [6, 6.07) is 16.9. The molecule has 1 aliphatic rings. The predicted octanol–water partition coefficient (Wildman–Crippen LogP) is 4.64. The number of carbonyl (C=O) groups excluding carboxylic acids is 1. The summed E-state index contributed by atoms with van der Waals surface area (Å²) in [6.45, 7) is 0.191. The summed E-state index contributed by atoms with van der Waals surface area (Å²) in [6.07, 6.45) is 5.74. The molecular formula is C21H20ClN2O2+. The van der Waals surface area contributed by atoms with E-state index in [1.54, 1.807) is 6.20 Å². The first-order valence-electron chi connectivity index (χ1n) is 8.32. The van der Waals surface area contributed by atoms with E-state index < -0.39 is 10.6 Å². The Morgan fingerprint density at radius 1 is 1.15 bits per heavy atom. The number of nitrogens with zero attached hydrogens (tertiary/aromatic N) is 2.